The van der Waals surface area contributed by atoms with E-state index >= 15 is 0 Å². The van der Waals surface area contributed by atoms with Gasteiger partial charge in [-0.15, -0.1) is 0 Å². The summed E-state index contributed by atoms with van der Waals surface area (Å²) < 4.78 is 0. The number of hydrogen-bond acceptors (Lipinski definition) is 5. The summed E-state index contributed by atoms with van der Waals surface area (Å²) in [6, 6.07) is 0. The highest BCUT2D eigenvalue weighted by Crippen LogP contribution is 2.28. The van der Waals surface area contributed by atoms with Crippen molar-refractivity contribution >= 4 is 22.8 Å². The van der Waals surface area contributed by atoms with Gasteiger partial charge < -0.3 is 15.7 Å². The highest BCUT2D eigenvalue weighted by molar-refractivity contribution is 8.18. The molecule has 2 rings (SSSR count). The molecule has 0 spiro atoms. The van der Waals surface area contributed by atoms with Crippen molar-refractivity contribution in [1.29, 1.82) is 0 Å². The summed E-state index contributed by atoms with van der Waals surface area (Å²) in [4.78, 5) is 16.7. The van der Waals surface area contributed by atoms with Crippen molar-refractivity contribution in [1.82, 2.24) is 10.6 Å². The Labute approximate surface area is 117 Å². The lowest BCUT2D eigenvalue weighted by Crippen LogP contribution is -2.28. The predicted molar refractivity (Wildman–Crippen MR) is 78.4 cm³/mol. The number of nitrogens with one attached hydrogen (secondary N) is 2. The summed E-state index contributed by atoms with van der Waals surface area (Å²) in [7, 11) is 0. The van der Waals surface area contributed by atoms with E-state index < -0.39 is 5.60 Å². The van der Waals surface area contributed by atoms with E-state index in [9.17, 15) is 9.90 Å². The van der Waals surface area contributed by atoms with Crippen LogP contribution in [0.3, 0.4) is 0 Å². The molecule has 0 unspecified atom stereocenters. The van der Waals surface area contributed by atoms with E-state index in [0.29, 0.717) is 11.8 Å². The van der Waals surface area contributed by atoms with Crippen LogP contribution in [0.2, 0.25) is 0 Å². The van der Waals surface area contributed by atoms with E-state index in [1.807, 2.05) is 0 Å². The van der Waals surface area contributed by atoms with Gasteiger partial charge in [-0.3, -0.25) is 9.79 Å². The third-order valence-electron chi connectivity index (χ3n) is 3.05. The molecule has 0 aromatic rings. The Bertz CT molecular complexity index is 407. The average molecular weight is 283 g/mol. The number of amidine groups is 1. The van der Waals surface area contributed by atoms with Crippen molar-refractivity contribution in [3.63, 3.8) is 0 Å². The molecule has 0 atom stereocenters. The Morgan fingerprint density at radius 1 is 1.47 bits per heavy atom. The van der Waals surface area contributed by atoms with Crippen molar-refractivity contribution in [3.05, 3.63) is 11.0 Å². The van der Waals surface area contributed by atoms with Crippen LogP contribution in [0.15, 0.2) is 16.0 Å². The van der Waals surface area contributed by atoms with Gasteiger partial charge in [0.15, 0.2) is 0 Å². The van der Waals surface area contributed by atoms with E-state index in [1.54, 1.807) is 13.8 Å². The smallest absolute Gasteiger partial charge is 0.289 e. The first kappa shape index (κ1) is 14.6. The van der Waals surface area contributed by atoms with Crippen LogP contribution in [0.5, 0.6) is 0 Å². The molecule has 6 heteroatoms. The molecule has 0 aromatic carbocycles. The lowest BCUT2D eigenvalue weighted by Gasteiger charge is -2.20. The molecule has 2 saturated heterocycles. The number of aliphatic imine (C=N–C) groups is 1. The molecule has 2 fully saturated rings. The molecule has 0 radical (unpaired) electrons. The molecule has 106 valence electrons. The summed E-state index contributed by atoms with van der Waals surface area (Å²) >= 11 is 1.20. The number of aliphatic hydroxyl groups is 1. The molecular formula is C13H21N3O2S. The Balaban J connectivity index is 2.08. The highest BCUT2D eigenvalue weighted by Gasteiger charge is 2.25. The number of nitrogens with zero attached hydrogens (tertiary/aromatic N) is 1. The molecule has 0 bridgehead atoms. The summed E-state index contributed by atoms with van der Waals surface area (Å²) in [5.41, 5.74) is -0.856. The Morgan fingerprint density at radius 3 is 2.79 bits per heavy atom. The van der Waals surface area contributed by atoms with E-state index in [0.717, 1.165) is 30.8 Å². The van der Waals surface area contributed by atoms with E-state index in [4.69, 9.17) is 0 Å². The normalized spacial score (nSPS) is 26.2. The number of carbonyl (C=O) groups is 1. The first-order valence-corrected chi connectivity index (χ1v) is 7.44. The van der Waals surface area contributed by atoms with Gasteiger partial charge in [0.05, 0.1) is 17.1 Å². The molecule has 3 N–H and O–H groups in total. The number of piperidine rings is 1. The van der Waals surface area contributed by atoms with E-state index in [2.05, 4.69) is 21.7 Å². The molecule has 2 heterocycles. The summed E-state index contributed by atoms with van der Waals surface area (Å²) in [5, 5.41) is 15.7. The highest BCUT2D eigenvalue weighted by atomic mass is 32.2. The summed E-state index contributed by atoms with van der Waals surface area (Å²) in [6.07, 6.45) is 4.33. The standard InChI is InChI=1S/C13H21N3O2S/c1-13(2,18)8-15-11-10(19-12(17)16-11)7-9-3-5-14-6-4-9/h7,9,14,18H,3-6,8H2,1-2H3,(H,15,16,17)/b10-7-. The largest absolute Gasteiger partial charge is 0.389 e. The van der Waals surface area contributed by atoms with Crippen LogP contribution in [0.1, 0.15) is 26.7 Å². The number of allylic oxidation sites excluding steroid dienone is 1. The van der Waals surface area contributed by atoms with Crippen molar-refractivity contribution in [2.75, 3.05) is 19.6 Å². The minimum Gasteiger partial charge on any atom is -0.389 e. The number of carbonyl (C=O) groups excluding carboxylic acids is 1. The topological polar surface area (TPSA) is 73.7 Å². The number of amides is 1. The fourth-order valence-electron chi connectivity index (χ4n) is 2.06. The number of hydrogen-bond donors (Lipinski definition) is 3. The maximum Gasteiger partial charge on any atom is 0.289 e. The van der Waals surface area contributed by atoms with Gasteiger partial charge in [-0.05, 0) is 57.5 Å². The van der Waals surface area contributed by atoms with Crippen LogP contribution < -0.4 is 10.6 Å². The fraction of sp³-hybridized carbons (Fsp3) is 0.692. The molecule has 0 aromatic heterocycles. The minimum absolute atomic E-state index is 0.0883. The molecule has 0 saturated carbocycles. The second-order valence-electron chi connectivity index (χ2n) is 5.61. The van der Waals surface area contributed by atoms with Gasteiger partial charge in [-0.1, -0.05) is 6.08 Å². The Morgan fingerprint density at radius 2 is 2.16 bits per heavy atom. The summed E-state index contributed by atoms with van der Waals surface area (Å²) in [6.45, 7) is 5.74. The Kier molecular flexibility index (Phi) is 4.65. The third kappa shape index (κ3) is 4.63. The molecule has 0 aliphatic carbocycles. The van der Waals surface area contributed by atoms with Crippen LogP contribution in [0.25, 0.3) is 0 Å². The lowest BCUT2D eigenvalue weighted by atomic mass is 9.97. The zero-order valence-electron chi connectivity index (χ0n) is 11.4. The quantitative estimate of drug-likeness (QED) is 0.734. The summed E-state index contributed by atoms with van der Waals surface area (Å²) in [5.74, 6) is 1.11. The molecular weight excluding hydrogens is 262 g/mol. The predicted octanol–water partition coefficient (Wildman–Crippen LogP) is 1.50. The zero-order chi connectivity index (χ0) is 13.9. The van der Waals surface area contributed by atoms with E-state index in [-0.39, 0.29) is 11.8 Å². The monoisotopic (exact) mass is 283 g/mol. The average Bonchev–Trinajstić information content (AvgIpc) is 2.67. The SMILES string of the molecule is CC(C)(O)CN=C1NC(=O)S/C1=C\C1CCNCC1. The van der Waals surface area contributed by atoms with Crippen LogP contribution in [0.4, 0.5) is 4.79 Å². The first-order valence-electron chi connectivity index (χ1n) is 6.62. The lowest BCUT2D eigenvalue weighted by molar-refractivity contribution is 0.0904. The third-order valence-corrected chi connectivity index (χ3v) is 3.89. The van der Waals surface area contributed by atoms with Crippen molar-refractivity contribution in [2.24, 2.45) is 10.9 Å². The molecule has 2 aliphatic heterocycles. The van der Waals surface area contributed by atoms with Crippen LogP contribution >= 0.6 is 11.8 Å². The van der Waals surface area contributed by atoms with Gasteiger partial charge in [0.2, 0.25) is 0 Å². The number of rotatable bonds is 3. The Hall–Kier alpha value is -0.850. The molecule has 2 aliphatic rings. The molecule has 5 nitrogen and oxygen atoms in total. The minimum atomic E-state index is -0.856. The van der Waals surface area contributed by atoms with Crippen molar-refractivity contribution in [2.45, 2.75) is 32.3 Å². The van der Waals surface area contributed by atoms with E-state index in [1.165, 1.54) is 11.8 Å². The molecule has 19 heavy (non-hydrogen) atoms. The first-order chi connectivity index (χ1) is 8.94. The zero-order valence-corrected chi connectivity index (χ0v) is 12.2. The van der Waals surface area contributed by atoms with Crippen LogP contribution in [-0.4, -0.2) is 41.4 Å². The van der Waals surface area contributed by atoms with Crippen LogP contribution in [-0.2, 0) is 0 Å². The maximum absolute atomic E-state index is 11.5. The molecule has 1 amide bonds. The van der Waals surface area contributed by atoms with Gasteiger partial charge in [0, 0.05) is 0 Å². The second-order valence-corrected chi connectivity index (χ2v) is 6.62. The fourth-order valence-corrected chi connectivity index (χ4v) is 2.88. The second kappa shape index (κ2) is 6.07. The van der Waals surface area contributed by atoms with Crippen molar-refractivity contribution in [3.8, 4) is 0 Å². The van der Waals surface area contributed by atoms with Crippen LogP contribution in [0, 0.1) is 5.92 Å². The maximum atomic E-state index is 11.5. The van der Waals surface area contributed by atoms with Gasteiger partial charge >= 0.3 is 0 Å². The van der Waals surface area contributed by atoms with Gasteiger partial charge in [-0.25, -0.2) is 0 Å². The van der Waals surface area contributed by atoms with Gasteiger partial charge in [0.1, 0.15) is 5.84 Å². The van der Waals surface area contributed by atoms with Crippen molar-refractivity contribution < 1.29 is 9.90 Å². The van der Waals surface area contributed by atoms with Gasteiger partial charge in [0.25, 0.3) is 5.24 Å². The van der Waals surface area contributed by atoms with Gasteiger partial charge in [-0.2, -0.15) is 0 Å². The number of thioether (sulfide) groups is 1.